The van der Waals surface area contributed by atoms with Gasteiger partial charge in [0.25, 0.3) is 5.69 Å². The van der Waals surface area contributed by atoms with Gasteiger partial charge >= 0.3 is 0 Å². The van der Waals surface area contributed by atoms with Crippen LogP contribution in [-0.4, -0.2) is 16.6 Å². The zero-order valence-electron chi connectivity index (χ0n) is 9.09. The summed E-state index contributed by atoms with van der Waals surface area (Å²) < 4.78 is 0. The number of non-ortho nitro benzene ring substituents is 1. The van der Waals surface area contributed by atoms with E-state index in [2.05, 4.69) is 13.8 Å². The van der Waals surface area contributed by atoms with Gasteiger partial charge in [-0.1, -0.05) is 32.0 Å². The Morgan fingerprint density at radius 3 is 2.07 bits per heavy atom. The molecule has 0 fully saturated rings. The van der Waals surface area contributed by atoms with Gasteiger partial charge in [-0.15, -0.1) is 0 Å². The first-order valence-electron chi connectivity index (χ1n) is 4.88. The van der Waals surface area contributed by atoms with Crippen LogP contribution >= 0.6 is 0 Å². The number of nitro benzene ring substituents is 1. The van der Waals surface area contributed by atoms with Gasteiger partial charge in [-0.2, -0.15) is 0 Å². The second-order valence-electron chi connectivity index (χ2n) is 3.50. The van der Waals surface area contributed by atoms with Crippen LogP contribution in [0.15, 0.2) is 30.3 Å². The fraction of sp³-hybridized carbons (Fsp3) is 0.455. The summed E-state index contributed by atoms with van der Waals surface area (Å²) in [6, 6.07) is 7.93. The van der Waals surface area contributed by atoms with Crippen LogP contribution in [0.3, 0.4) is 0 Å². The van der Waals surface area contributed by atoms with Gasteiger partial charge in [0.05, 0.1) is 4.92 Å². The maximum Gasteiger partial charge on any atom is 0.269 e. The van der Waals surface area contributed by atoms with Crippen molar-refractivity contribution in [3.63, 3.8) is 0 Å². The van der Waals surface area contributed by atoms with Gasteiger partial charge in [0.15, 0.2) is 0 Å². The molecule has 0 amide bonds. The van der Waals surface area contributed by atoms with Crippen LogP contribution in [0, 0.1) is 16.0 Å². The Bertz CT molecular complexity index is 272. The number of aliphatic hydroxyl groups excluding tert-OH is 1. The lowest BCUT2D eigenvalue weighted by Gasteiger charge is -1.95. The first kappa shape index (κ1) is 13.6. The van der Waals surface area contributed by atoms with Crippen LogP contribution < -0.4 is 0 Å². The minimum absolute atomic E-state index is 0.137. The number of hydrogen-bond donors (Lipinski definition) is 1. The molecule has 0 aromatic heterocycles. The molecule has 0 aliphatic rings. The first-order chi connectivity index (χ1) is 7.07. The zero-order valence-corrected chi connectivity index (χ0v) is 9.09. The molecule has 1 N–H and O–H groups in total. The van der Waals surface area contributed by atoms with E-state index in [1.54, 1.807) is 18.2 Å². The lowest BCUT2D eigenvalue weighted by Crippen LogP contribution is -1.89. The molecular weight excluding hydrogens is 194 g/mol. The average molecular weight is 211 g/mol. The summed E-state index contributed by atoms with van der Waals surface area (Å²) in [6.45, 7) is 4.52. The Morgan fingerprint density at radius 1 is 1.33 bits per heavy atom. The largest absolute Gasteiger partial charge is 0.396 e. The van der Waals surface area contributed by atoms with E-state index >= 15 is 0 Å². The molecule has 0 unspecified atom stereocenters. The van der Waals surface area contributed by atoms with E-state index in [0.717, 1.165) is 6.42 Å². The van der Waals surface area contributed by atoms with Crippen molar-refractivity contribution in [2.45, 2.75) is 20.3 Å². The molecule has 4 heteroatoms. The average Bonchev–Trinajstić information content (AvgIpc) is 2.20. The van der Waals surface area contributed by atoms with Crippen LogP contribution in [0.25, 0.3) is 0 Å². The van der Waals surface area contributed by atoms with E-state index in [4.69, 9.17) is 5.11 Å². The van der Waals surface area contributed by atoms with Gasteiger partial charge in [0, 0.05) is 18.7 Å². The Hall–Kier alpha value is -1.42. The lowest BCUT2D eigenvalue weighted by atomic mass is 10.2. The van der Waals surface area contributed by atoms with Crippen LogP contribution in [0.1, 0.15) is 20.3 Å². The van der Waals surface area contributed by atoms with Gasteiger partial charge in [-0.25, -0.2) is 0 Å². The third-order valence-corrected chi connectivity index (χ3v) is 1.67. The summed E-state index contributed by atoms with van der Waals surface area (Å²) in [7, 11) is 0. The molecule has 0 spiro atoms. The second kappa shape index (κ2) is 7.94. The highest BCUT2D eigenvalue weighted by atomic mass is 16.6. The minimum Gasteiger partial charge on any atom is -0.396 e. The molecule has 84 valence electrons. The minimum atomic E-state index is -0.417. The molecule has 0 radical (unpaired) electrons. The highest BCUT2D eigenvalue weighted by Crippen LogP contribution is 2.06. The third kappa shape index (κ3) is 7.64. The molecule has 0 aliphatic heterocycles. The van der Waals surface area contributed by atoms with Crippen molar-refractivity contribution < 1.29 is 10.0 Å². The number of para-hydroxylation sites is 1. The van der Waals surface area contributed by atoms with E-state index in [0.29, 0.717) is 12.5 Å². The molecule has 0 saturated heterocycles. The summed E-state index contributed by atoms with van der Waals surface area (Å²) in [4.78, 5) is 9.59. The molecule has 15 heavy (non-hydrogen) atoms. The summed E-state index contributed by atoms with van der Waals surface area (Å²) >= 11 is 0. The number of rotatable bonds is 3. The summed E-state index contributed by atoms with van der Waals surface area (Å²) in [5.74, 6) is 0.648. The third-order valence-electron chi connectivity index (χ3n) is 1.67. The van der Waals surface area contributed by atoms with Crippen molar-refractivity contribution in [1.82, 2.24) is 0 Å². The van der Waals surface area contributed by atoms with Crippen LogP contribution in [0.5, 0.6) is 0 Å². The molecule has 0 saturated carbocycles. The Morgan fingerprint density at radius 2 is 1.87 bits per heavy atom. The molecule has 1 rings (SSSR count). The maximum absolute atomic E-state index is 10.0. The van der Waals surface area contributed by atoms with Gasteiger partial charge in [-0.3, -0.25) is 10.1 Å². The number of aliphatic hydroxyl groups is 1. The van der Waals surface area contributed by atoms with Crippen molar-refractivity contribution in [2.75, 3.05) is 6.61 Å². The van der Waals surface area contributed by atoms with Gasteiger partial charge in [0.1, 0.15) is 0 Å². The summed E-state index contributed by atoms with van der Waals surface area (Å²) in [5.41, 5.74) is 0.137. The Labute approximate surface area is 89.7 Å². The van der Waals surface area contributed by atoms with Crippen molar-refractivity contribution in [3.05, 3.63) is 40.4 Å². The maximum atomic E-state index is 10.0. The van der Waals surface area contributed by atoms with Crippen LogP contribution in [0.2, 0.25) is 0 Å². The number of benzene rings is 1. The van der Waals surface area contributed by atoms with E-state index in [-0.39, 0.29) is 5.69 Å². The smallest absolute Gasteiger partial charge is 0.269 e. The monoisotopic (exact) mass is 211 g/mol. The molecule has 1 aromatic rings. The van der Waals surface area contributed by atoms with Crippen molar-refractivity contribution in [1.29, 1.82) is 0 Å². The molecular formula is C11H17NO3. The number of nitro groups is 1. The fourth-order valence-corrected chi connectivity index (χ4v) is 0.808. The summed E-state index contributed by atoms with van der Waals surface area (Å²) in [5, 5.41) is 18.2. The van der Waals surface area contributed by atoms with Crippen LogP contribution in [-0.2, 0) is 0 Å². The summed E-state index contributed by atoms with van der Waals surface area (Å²) in [6.07, 6.45) is 0.931. The fourth-order valence-electron chi connectivity index (χ4n) is 0.808. The van der Waals surface area contributed by atoms with E-state index in [1.165, 1.54) is 12.1 Å². The normalized spacial score (nSPS) is 9.33. The molecule has 0 bridgehead atoms. The Kier molecular flexibility index (Phi) is 7.18. The Balaban J connectivity index is 0.000000288. The number of hydrogen-bond acceptors (Lipinski definition) is 3. The molecule has 1 aromatic carbocycles. The predicted molar refractivity (Wildman–Crippen MR) is 59.6 cm³/mol. The van der Waals surface area contributed by atoms with Crippen molar-refractivity contribution in [2.24, 2.45) is 5.92 Å². The van der Waals surface area contributed by atoms with E-state index < -0.39 is 4.92 Å². The van der Waals surface area contributed by atoms with Gasteiger partial charge < -0.3 is 5.11 Å². The molecule has 4 nitrogen and oxygen atoms in total. The van der Waals surface area contributed by atoms with Crippen molar-refractivity contribution in [3.8, 4) is 0 Å². The quantitative estimate of drug-likeness (QED) is 0.617. The molecule has 0 aliphatic carbocycles. The standard InChI is InChI=1S/C6H5NO2.C5H12O/c8-7(9)6-4-2-1-3-5-6;1-5(2)3-4-6/h1-5H;5-6H,3-4H2,1-2H3. The van der Waals surface area contributed by atoms with Crippen LogP contribution in [0.4, 0.5) is 5.69 Å². The number of nitrogens with zero attached hydrogens (tertiary/aromatic N) is 1. The topological polar surface area (TPSA) is 63.4 Å². The van der Waals surface area contributed by atoms with E-state index in [1.807, 2.05) is 0 Å². The zero-order chi connectivity index (χ0) is 11.7. The van der Waals surface area contributed by atoms with Crippen molar-refractivity contribution >= 4 is 5.69 Å². The van der Waals surface area contributed by atoms with E-state index in [9.17, 15) is 10.1 Å². The SMILES string of the molecule is CC(C)CCO.O=[N+]([O-])c1ccccc1. The molecule has 0 atom stereocenters. The van der Waals surface area contributed by atoms with Gasteiger partial charge in [-0.05, 0) is 12.3 Å². The highest BCUT2D eigenvalue weighted by molar-refractivity contribution is 5.27. The first-order valence-corrected chi connectivity index (χ1v) is 4.88. The highest BCUT2D eigenvalue weighted by Gasteiger charge is 1.98. The molecule has 0 heterocycles. The second-order valence-corrected chi connectivity index (χ2v) is 3.50. The van der Waals surface area contributed by atoms with Gasteiger partial charge in [0.2, 0.25) is 0 Å². The lowest BCUT2D eigenvalue weighted by molar-refractivity contribution is -0.384. The predicted octanol–water partition coefficient (Wildman–Crippen LogP) is 2.62.